The summed E-state index contributed by atoms with van der Waals surface area (Å²) in [4.78, 5) is 27.6. The molecule has 1 amide bonds. The molecule has 1 aliphatic rings. The first-order chi connectivity index (χ1) is 18.0. The van der Waals surface area contributed by atoms with Gasteiger partial charge in [0.2, 0.25) is 5.13 Å². The Morgan fingerprint density at radius 2 is 1.92 bits per heavy atom. The number of rotatable bonds is 7. The molecule has 37 heavy (non-hydrogen) atoms. The number of nitro groups is 1. The van der Waals surface area contributed by atoms with E-state index in [0.29, 0.717) is 22.1 Å². The topological polar surface area (TPSA) is 113 Å². The third-order valence-corrected chi connectivity index (χ3v) is 6.74. The van der Waals surface area contributed by atoms with Crippen molar-refractivity contribution in [3.63, 3.8) is 0 Å². The van der Waals surface area contributed by atoms with Crippen LogP contribution in [0.15, 0.2) is 94.4 Å². The van der Waals surface area contributed by atoms with E-state index in [4.69, 9.17) is 16.7 Å². The number of aromatic nitrogens is 1. The second kappa shape index (κ2) is 10.7. The van der Waals surface area contributed by atoms with Gasteiger partial charge < -0.3 is 0 Å². The average molecular weight is 531 g/mol. The summed E-state index contributed by atoms with van der Waals surface area (Å²) in [6, 6.07) is 23.4. The Balaban J connectivity index is 1.35. The Morgan fingerprint density at radius 3 is 2.68 bits per heavy atom. The monoisotopic (exact) mass is 530 g/mol. The number of benzene rings is 3. The Morgan fingerprint density at radius 1 is 1.14 bits per heavy atom. The molecule has 4 aromatic rings. The summed E-state index contributed by atoms with van der Waals surface area (Å²) in [6.07, 6.45) is 2.01. The minimum absolute atomic E-state index is 0.0595. The minimum atomic E-state index is -0.501. The molecule has 0 saturated carbocycles. The molecule has 184 valence electrons. The number of nitro benzene ring substituents is 1. The highest BCUT2D eigenvalue weighted by Gasteiger charge is 2.32. The van der Waals surface area contributed by atoms with Crippen LogP contribution in [0.1, 0.15) is 39.6 Å². The zero-order valence-corrected chi connectivity index (χ0v) is 20.8. The van der Waals surface area contributed by atoms with Crippen molar-refractivity contribution < 1.29 is 9.72 Å². The van der Waals surface area contributed by atoms with Crippen LogP contribution in [0.3, 0.4) is 0 Å². The molecule has 0 spiro atoms. The molecule has 0 bridgehead atoms. The summed E-state index contributed by atoms with van der Waals surface area (Å²) in [7, 11) is 0. The second-order valence-electron chi connectivity index (χ2n) is 8.10. The fourth-order valence-electron chi connectivity index (χ4n) is 3.85. The fraction of sp³-hybridized carbons (Fsp3) is 0.0769. The van der Waals surface area contributed by atoms with Crippen molar-refractivity contribution in [2.45, 2.75) is 12.5 Å². The van der Waals surface area contributed by atoms with Gasteiger partial charge in [-0.15, -0.1) is 11.3 Å². The highest BCUT2D eigenvalue weighted by Crippen LogP contribution is 2.38. The van der Waals surface area contributed by atoms with Crippen molar-refractivity contribution in [1.82, 2.24) is 10.4 Å². The van der Waals surface area contributed by atoms with Crippen LogP contribution in [0.2, 0.25) is 5.02 Å². The Labute approximate surface area is 220 Å². The lowest BCUT2D eigenvalue weighted by Crippen LogP contribution is -2.20. The summed E-state index contributed by atoms with van der Waals surface area (Å²) in [5.74, 6) is -0.501. The molecule has 1 aliphatic heterocycles. The maximum absolute atomic E-state index is 12.7. The SMILES string of the molecule is O=C(NN=Cc1cccc([N+](=O)[O-])c1)c1csc(N2N=C(c3ccccc3)CC2c2ccc(Cl)cc2)n1. The van der Waals surface area contributed by atoms with E-state index in [1.165, 1.54) is 29.7 Å². The van der Waals surface area contributed by atoms with Gasteiger partial charge in [-0.05, 0) is 23.3 Å². The number of halogens is 1. The molecular formula is C26H19ClN6O3S. The van der Waals surface area contributed by atoms with Gasteiger partial charge in [-0.1, -0.05) is 66.2 Å². The second-order valence-corrected chi connectivity index (χ2v) is 9.37. The fourth-order valence-corrected chi connectivity index (χ4v) is 4.78. The number of thiazole rings is 1. The number of hydrogen-bond donors (Lipinski definition) is 1. The predicted molar refractivity (Wildman–Crippen MR) is 145 cm³/mol. The lowest BCUT2D eigenvalue weighted by Gasteiger charge is -2.21. The molecule has 0 fully saturated rings. The van der Waals surface area contributed by atoms with E-state index in [2.05, 4.69) is 15.5 Å². The van der Waals surface area contributed by atoms with Gasteiger partial charge in [-0.3, -0.25) is 14.9 Å². The highest BCUT2D eigenvalue weighted by molar-refractivity contribution is 7.14. The van der Waals surface area contributed by atoms with E-state index in [9.17, 15) is 14.9 Å². The van der Waals surface area contributed by atoms with Gasteiger partial charge in [0.15, 0.2) is 0 Å². The molecule has 1 N–H and O–H groups in total. The van der Waals surface area contributed by atoms with Gasteiger partial charge in [0.25, 0.3) is 11.6 Å². The number of anilines is 1. The molecule has 1 unspecified atom stereocenters. The molecule has 2 heterocycles. The van der Waals surface area contributed by atoms with Crippen molar-refractivity contribution in [1.29, 1.82) is 0 Å². The molecule has 0 saturated heterocycles. The van der Waals surface area contributed by atoms with E-state index in [-0.39, 0.29) is 17.4 Å². The smallest absolute Gasteiger partial charge is 0.266 e. The van der Waals surface area contributed by atoms with Crippen molar-refractivity contribution in [2.75, 3.05) is 5.01 Å². The number of nitrogens with one attached hydrogen (secondary N) is 1. The first kappa shape index (κ1) is 24.3. The molecule has 1 atom stereocenters. The minimum Gasteiger partial charge on any atom is -0.266 e. The Bertz CT molecular complexity index is 1500. The molecular weight excluding hydrogens is 512 g/mol. The van der Waals surface area contributed by atoms with E-state index < -0.39 is 10.8 Å². The summed E-state index contributed by atoms with van der Waals surface area (Å²) in [5.41, 5.74) is 6.01. The number of amides is 1. The zero-order chi connectivity index (χ0) is 25.8. The zero-order valence-electron chi connectivity index (χ0n) is 19.2. The van der Waals surface area contributed by atoms with Gasteiger partial charge in [0, 0.05) is 34.5 Å². The summed E-state index contributed by atoms with van der Waals surface area (Å²) in [5, 5.41) is 24.4. The number of hydrazone groups is 2. The van der Waals surface area contributed by atoms with E-state index in [1.807, 2.05) is 59.6 Å². The Kier molecular flexibility index (Phi) is 7.02. The number of hydrogen-bond acceptors (Lipinski definition) is 8. The highest BCUT2D eigenvalue weighted by atomic mass is 35.5. The lowest BCUT2D eigenvalue weighted by atomic mass is 9.99. The molecule has 1 aromatic heterocycles. The Hall–Kier alpha value is -4.41. The molecule has 3 aromatic carbocycles. The van der Waals surface area contributed by atoms with Crippen LogP contribution in [0.25, 0.3) is 0 Å². The molecule has 11 heteroatoms. The number of nitrogens with zero attached hydrogens (tertiary/aromatic N) is 5. The average Bonchev–Trinajstić information content (AvgIpc) is 3.58. The first-order valence-electron chi connectivity index (χ1n) is 11.2. The van der Waals surface area contributed by atoms with Crippen LogP contribution in [0.5, 0.6) is 0 Å². The summed E-state index contributed by atoms with van der Waals surface area (Å²) in [6.45, 7) is 0. The summed E-state index contributed by atoms with van der Waals surface area (Å²) >= 11 is 7.40. The maximum Gasteiger partial charge on any atom is 0.290 e. The molecule has 0 aliphatic carbocycles. The quantitative estimate of drug-likeness (QED) is 0.184. The third kappa shape index (κ3) is 5.55. The van der Waals surface area contributed by atoms with Crippen LogP contribution in [-0.4, -0.2) is 27.7 Å². The van der Waals surface area contributed by atoms with Crippen LogP contribution < -0.4 is 10.4 Å². The van der Waals surface area contributed by atoms with Crippen molar-refractivity contribution in [3.8, 4) is 0 Å². The maximum atomic E-state index is 12.7. The van der Waals surface area contributed by atoms with Crippen LogP contribution in [-0.2, 0) is 0 Å². The summed E-state index contributed by atoms with van der Waals surface area (Å²) < 4.78 is 0. The normalized spacial score (nSPS) is 15.1. The van der Waals surface area contributed by atoms with Crippen LogP contribution in [0.4, 0.5) is 10.8 Å². The lowest BCUT2D eigenvalue weighted by molar-refractivity contribution is -0.384. The van der Waals surface area contributed by atoms with Crippen molar-refractivity contribution in [3.05, 3.63) is 122 Å². The van der Waals surface area contributed by atoms with Gasteiger partial charge in [0.1, 0.15) is 5.69 Å². The van der Waals surface area contributed by atoms with E-state index >= 15 is 0 Å². The third-order valence-electron chi connectivity index (χ3n) is 5.65. The van der Waals surface area contributed by atoms with Gasteiger partial charge >= 0.3 is 0 Å². The van der Waals surface area contributed by atoms with Crippen LogP contribution in [0, 0.1) is 10.1 Å². The molecule has 5 rings (SSSR count). The van der Waals surface area contributed by atoms with Gasteiger partial charge in [0.05, 0.1) is 22.9 Å². The van der Waals surface area contributed by atoms with Gasteiger partial charge in [-0.25, -0.2) is 15.4 Å². The van der Waals surface area contributed by atoms with Gasteiger partial charge in [-0.2, -0.15) is 10.2 Å². The molecule has 0 radical (unpaired) electrons. The van der Waals surface area contributed by atoms with Crippen LogP contribution >= 0.6 is 22.9 Å². The largest absolute Gasteiger partial charge is 0.290 e. The van der Waals surface area contributed by atoms with E-state index in [1.54, 1.807) is 17.5 Å². The molecule has 9 nitrogen and oxygen atoms in total. The van der Waals surface area contributed by atoms with E-state index in [0.717, 1.165) is 16.8 Å². The standard InChI is InChI=1S/C26H19ClN6O3S/c27-20-11-9-19(10-12-20)24-14-22(18-6-2-1-3-7-18)31-32(24)26-29-23(16-37-26)25(34)30-28-15-17-5-4-8-21(13-17)33(35)36/h1-13,15-16,24H,14H2,(H,30,34). The van der Waals surface area contributed by atoms with Crippen molar-refractivity contribution in [2.24, 2.45) is 10.2 Å². The first-order valence-corrected chi connectivity index (χ1v) is 12.4. The predicted octanol–water partition coefficient (Wildman–Crippen LogP) is 5.82. The van der Waals surface area contributed by atoms with Crippen molar-refractivity contribution >= 4 is 51.6 Å². The number of carbonyl (C=O) groups excluding carboxylic acids is 1. The number of non-ortho nitro benzene ring substituents is 1. The number of carbonyl (C=O) groups is 1.